The molecule has 0 amide bonds. The van der Waals surface area contributed by atoms with E-state index in [-0.39, 0.29) is 0 Å². The highest BCUT2D eigenvalue weighted by Gasteiger charge is 2.30. The van der Waals surface area contributed by atoms with Crippen molar-refractivity contribution in [3.8, 4) is 0 Å². The number of hydrogen-bond donors (Lipinski definition) is 2. The van der Waals surface area contributed by atoms with Crippen LogP contribution in [-0.2, 0) is 0 Å². The second-order valence-corrected chi connectivity index (χ2v) is 7.91. The van der Waals surface area contributed by atoms with E-state index in [0.29, 0.717) is 12.1 Å². The number of hydrazine groups is 1. The van der Waals surface area contributed by atoms with Crippen LogP contribution >= 0.6 is 0 Å². The van der Waals surface area contributed by atoms with E-state index in [2.05, 4.69) is 71.8 Å². The predicted octanol–water partition coefficient (Wildman–Crippen LogP) is 3.10. The van der Waals surface area contributed by atoms with E-state index < -0.39 is 0 Å². The molecule has 140 valence electrons. The Bertz CT molecular complexity index is 281. The molecule has 4 heteroatoms. The Hall–Kier alpha value is -0.160. The minimum Gasteiger partial charge on any atom is -0.327 e. The zero-order chi connectivity index (χ0) is 17.9. The average molecular weight is 330 g/mol. The molecule has 0 bridgehead atoms. The summed E-state index contributed by atoms with van der Waals surface area (Å²) in [6, 6.07) is 1.23. The van der Waals surface area contributed by atoms with Crippen LogP contribution in [0.15, 0.2) is 0 Å². The number of rotatable bonds is 14. The fraction of sp³-hybridized carbons (Fsp3) is 1.00. The molecular weight excluding hydrogens is 284 g/mol. The molecule has 0 heterocycles. The molecule has 4 nitrogen and oxygen atoms in total. The average Bonchev–Trinajstić information content (AvgIpc) is 2.50. The quantitative estimate of drug-likeness (QED) is 0.379. The lowest BCUT2D eigenvalue weighted by atomic mass is 9.88. The summed E-state index contributed by atoms with van der Waals surface area (Å²) in [6.07, 6.45) is 7.80. The van der Waals surface area contributed by atoms with Gasteiger partial charge in [0, 0.05) is 13.1 Å². The Morgan fingerprint density at radius 2 is 1.65 bits per heavy atom. The zero-order valence-corrected chi connectivity index (χ0v) is 17.3. The van der Waals surface area contributed by atoms with E-state index in [1.54, 1.807) is 0 Å². The summed E-state index contributed by atoms with van der Waals surface area (Å²) in [5.74, 6) is 0.774. The molecule has 0 rings (SSSR count). The van der Waals surface area contributed by atoms with Crippen LogP contribution in [0.4, 0.5) is 0 Å². The first-order chi connectivity index (χ1) is 10.8. The van der Waals surface area contributed by atoms with Crippen molar-refractivity contribution in [2.24, 2.45) is 5.92 Å². The van der Waals surface area contributed by atoms with Crippen LogP contribution in [0, 0.1) is 5.92 Å². The third-order valence-corrected chi connectivity index (χ3v) is 5.27. The largest absolute Gasteiger partial charge is 0.327 e. The Kier molecular flexibility index (Phi) is 12.2. The van der Waals surface area contributed by atoms with Crippen LogP contribution in [-0.4, -0.2) is 69.9 Å². The van der Waals surface area contributed by atoms with Gasteiger partial charge in [0.25, 0.3) is 0 Å². The first-order valence-corrected chi connectivity index (χ1v) is 9.70. The maximum absolute atomic E-state index is 3.39. The number of quaternary nitrogens is 1. The van der Waals surface area contributed by atoms with E-state index in [9.17, 15) is 0 Å². The van der Waals surface area contributed by atoms with Gasteiger partial charge in [-0.3, -0.25) is 5.43 Å². The first kappa shape index (κ1) is 22.8. The van der Waals surface area contributed by atoms with Gasteiger partial charge in [-0.25, -0.2) is 5.01 Å². The second kappa shape index (κ2) is 12.2. The van der Waals surface area contributed by atoms with E-state index in [1.807, 2.05) is 0 Å². The smallest absolute Gasteiger partial charge is 0.0957 e. The van der Waals surface area contributed by atoms with E-state index in [1.165, 1.54) is 51.6 Å². The Morgan fingerprint density at radius 1 is 1.00 bits per heavy atom. The summed E-state index contributed by atoms with van der Waals surface area (Å²) in [7, 11) is 11.1. The Labute approximate surface area is 146 Å². The van der Waals surface area contributed by atoms with Crippen LogP contribution in [0.2, 0.25) is 0 Å². The lowest BCUT2D eigenvalue weighted by Crippen LogP contribution is -2.56. The summed E-state index contributed by atoms with van der Waals surface area (Å²) >= 11 is 0. The zero-order valence-electron chi connectivity index (χ0n) is 17.3. The van der Waals surface area contributed by atoms with Crippen LogP contribution in [0.25, 0.3) is 0 Å². The third kappa shape index (κ3) is 9.65. The number of hydrogen-bond acceptors (Lipinski definition) is 3. The molecule has 0 aromatic rings. The predicted molar refractivity (Wildman–Crippen MR) is 104 cm³/mol. The molecule has 0 aliphatic carbocycles. The van der Waals surface area contributed by atoms with Crippen molar-refractivity contribution >= 4 is 0 Å². The van der Waals surface area contributed by atoms with Gasteiger partial charge >= 0.3 is 0 Å². The Morgan fingerprint density at radius 3 is 2.13 bits per heavy atom. The SMILES string of the molecule is CCCC(CCCC(C)NC)C(C[N+](C)(C)CCC)N(C)NC. The number of nitrogens with zero attached hydrogens (tertiary/aromatic N) is 2. The molecular formula is C19H45N4+. The molecule has 0 aliphatic heterocycles. The lowest BCUT2D eigenvalue weighted by Gasteiger charge is -2.40. The first-order valence-electron chi connectivity index (χ1n) is 9.70. The third-order valence-electron chi connectivity index (χ3n) is 5.27. The summed E-state index contributed by atoms with van der Waals surface area (Å²) in [5.41, 5.74) is 3.39. The van der Waals surface area contributed by atoms with Gasteiger partial charge in [0.05, 0.1) is 33.2 Å². The van der Waals surface area contributed by atoms with Crippen molar-refractivity contribution in [2.45, 2.75) is 71.4 Å². The maximum atomic E-state index is 3.39. The topological polar surface area (TPSA) is 27.3 Å². The monoisotopic (exact) mass is 329 g/mol. The van der Waals surface area contributed by atoms with Gasteiger partial charge < -0.3 is 9.80 Å². The van der Waals surface area contributed by atoms with Crippen molar-refractivity contribution in [2.75, 3.05) is 48.3 Å². The minimum absolute atomic E-state index is 0.603. The molecule has 0 fully saturated rings. The molecule has 0 aliphatic rings. The van der Waals surface area contributed by atoms with Crippen LogP contribution in [0.5, 0.6) is 0 Å². The molecule has 23 heavy (non-hydrogen) atoms. The fourth-order valence-corrected chi connectivity index (χ4v) is 3.69. The number of likely N-dealkylation sites (N-methyl/N-ethyl adjacent to an activating group) is 2. The van der Waals surface area contributed by atoms with Gasteiger partial charge in [0.15, 0.2) is 0 Å². The molecule has 3 atom stereocenters. The highest BCUT2D eigenvalue weighted by atomic mass is 15.5. The molecule has 0 aromatic carbocycles. The highest BCUT2D eigenvalue weighted by Crippen LogP contribution is 2.24. The van der Waals surface area contributed by atoms with Gasteiger partial charge in [-0.2, -0.15) is 0 Å². The fourth-order valence-electron chi connectivity index (χ4n) is 3.69. The molecule has 3 unspecified atom stereocenters. The standard InChI is InChI=1S/C19H45N4/c1-9-12-18(14-11-13-17(3)20-4)19(22(6)21-5)16-23(7,8)15-10-2/h17-21H,9-16H2,1-8H3/q+1. The van der Waals surface area contributed by atoms with Crippen LogP contribution in [0.3, 0.4) is 0 Å². The normalized spacial score (nSPS) is 16.6. The summed E-state index contributed by atoms with van der Waals surface area (Å²) < 4.78 is 1.11. The lowest BCUT2D eigenvalue weighted by molar-refractivity contribution is -0.892. The highest BCUT2D eigenvalue weighted by molar-refractivity contribution is 4.77. The van der Waals surface area contributed by atoms with Gasteiger partial charge in [-0.05, 0) is 52.6 Å². The van der Waals surface area contributed by atoms with Crippen molar-refractivity contribution in [1.82, 2.24) is 15.8 Å². The van der Waals surface area contributed by atoms with Crippen molar-refractivity contribution in [3.05, 3.63) is 0 Å². The van der Waals surface area contributed by atoms with E-state index >= 15 is 0 Å². The maximum Gasteiger partial charge on any atom is 0.0957 e. The van der Waals surface area contributed by atoms with Crippen molar-refractivity contribution < 1.29 is 4.48 Å². The van der Waals surface area contributed by atoms with Crippen LogP contribution in [0.1, 0.15) is 59.3 Å². The molecule has 2 N–H and O–H groups in total. The van der Waals surface area contributed by atoms with E-state index in [0.717, 1.165) is 10.4 Å². The molecule has 0 saturated carbocycles. The van der Waals surface area contributed by atoms with Gasteiger partial charge in [-0.15, -0.1) is 0 Å². The second-order valence-electron chi connectivity index (χ2n) is 7.91. The Balaban J connectivity index is 4.88. The number of nitrogens with one attached hydrogen (secondary N) is 2. The molecule has 0 spiro atoms. The van der Waals surface area contributed by atoms with E-state index in [4.69, 9.17) is 0 Å². The molecule has 0 radical (unpaired) electrons. The summed E-state index contributed by atoms with van der Waals surface area (Å²) in [5, 5.41) is 5.72. The van der Waals surface area contributed by atoms with Crippen LogP contribution < -0.4 is 10.7 Å². The minimum atomic E-state index is 0.603. The van der Waals surface area contributed by atoms with Gasteiger partial charge in [0.1, 0.15) is 0 Å². The van der Waals surface area contributed by atoms with Crippen molar-refractivity contribution in [3.63, 3.8) is 0 Å². The van der Waals surface area contributed by atoms with Gasteiger partial charge in [-0.1, -0.05) is 26.7 Å². The van der Waals surface area contributed by atoms with Gasteiger partial charge in [0.2, 0.25) is 0 Å². The summed E-state index contributed by atoms with van der Waals surface area (Å²) in [6.45, 7) is 9.37. The molecule has 0 saturated heterocycles. The molecule has 0 aromatic heterocycles. The van der Waals surface area contributed by atoms with Crippen molar-refractivity contribution in [1.29, 1.82) is 0 Å². The summed E-state index contributed by atoms with van der Waals surface area (Å²) in [4.78, 5) is 0.